The summed E-state index contributed by atoms with van der Waals surface area (Å²) in [6.07, 6.45) is 0.576. The summed E-state index contributed by atoms with van der Waals surface area (Å²) in [5, 5.41) is 18.7. The fourth-order valence-electron chi connectivity index (χ4n) is 2.80. The molecule has 0 radical (unpaired) electrons. The van der Waals surface area contributed by atoms with Gasteiger partial charge in [0.15, 0.2) is 11.0 Å². The zero-order chi connectivity index (χ0) is 20.1. The number of benzene rings is 2. The number of carboxylic acid groups (broad SMARTS) is 1. The molecule has 0 amide bonds. The molecule has 0 aliphatic carbocycles. The number of carboxylic acids is 1. The second-order valence-corrected chi connectivity index (χ2v) is 7.91. The first-order chi connectivity index (χ1) is 13.4. The number of aliphatic carboxylic acids is 1. The zero-order valence-electron chi connectivity index (χ0n) is 15.4. The maximum Gasteiger partial charge on any atom is 0.313 e. The van der Waals surface area contributed by atoms with Crippen molar-refractivity contribution in [3.63, 3.8) is 0 Å². The lowest BCUT2D eigenvalue weighted by Gasteiger charge is -2.15. The van der Waals surface area contributed by atoms with E-state index in [2.05, 4.69) is 10.2 Å². The van der Waals surface area contributed by atoms with Gasteiger partial charge in [-0.15, -0.1) is 10.2 Å². The lowest BCUT2D eigenvalue weighted by atomic mass is 10.1. The first-order valence-electron chi connectivity index (χ1n) is 8.75. The van der Waals surface area contributed by atoms with Gasteiger partial charge >= 0.3 is 5.97 Å². The smallest absolute Gasteiger partial charge is 0.313 e. The second-order valence-electron chi connectivity index (χ2n) is 6.53. The van der Waals surface area contributed by atoms with Crippen LogP contribution >= 0.6 is 23.4 Å². The van der Waals surface area contributed by atoms with Gasteiger partial charge in [0, 0.05) is 5.02 Å². The number of carbonyl (C=O) groups is 1. The highest BCUT2D eigenvalue weighted by Crippen LogP contribution is 2.23. The van der Waals surface area contributed by atoms with Crippen molar-refractivity contribution >= 4 is 29.3 Å². The van der Waals surface area contributed by atoms with Crippen LogP contribution in [0.5, 0.6) is 0 Å². The van der Waals surface area contributed by atoms with E-state index >= 15 is 0 Å². The summed E-state index contributed by atoms with van der Waals surface area (Å²) < 4.78 is 1.90. The first kappa shape index (κ1) is 20.4. The van der Waals surface area contributed by atoms with E-state index in [4.69, 9.17) is 22.4 Å². The number of nitrogens with two attached hydrogens (primary N) is 1. The Hall–Kier alpha value is -2.35. The van der Waals surface area contributed by atoms with Crippen molar-refractivity contribution in [2.75, 3.05) is 5.75 Å². The van der Waals surface area contributed by atoms with Gasteiger partial charge in [0.25, 0.3) is 0 Å². The Morgan fingerprint density at radius 3 is 2.43 bits per heavy atom. The van der Waals surface area contributed by atoms with Crippen molar-refractivity contribution in [1.82, 2.24) is 14.8 Å². The van der Waals surface area contributed by atoms with Gasteiger partial charge in [0.1, 0.15) is 0 Å². The van der Waals surface area contributed by atoms with Gasteiger partial charge in [-0.25, -0.2) is 0 Å². The highest BCUT2D eigenvalue weighted by Gasteiger charge is 2.20. The molecule has 0 saturated carbocycles. The van der Waals surface area contributed by atoms with Gasteiger partial charge in [-0.1, -0.05) is 65.3 Å². The number of thioether (sulfide) groups is 1. The van der Waals surface area contributed by atoms with E-state index < -0.39 is 5.97 Å². The van der Waals surface area contributed by atoms with Crippen LogP contribution in [-0.2, 0) is 17.8 Å². The van der Waals surface area contributed by atoms with Crippen LogP contribution in [0.4, 0.5) is 0 Å². The maximum atomic E-state index is 11.0. The summed E-state index contributed by atoms with van der Waals surface area (Å²) in [4.78, 5) is 11.0. The van der Waals surface area contributed by atoms with Crippen molar-refractivity contribution in [2.24, 2.45) is 5.73 Å². The molecule has 3 N–H and O–H groups in total. The van der Waals surface area contributed by atoms with E-state index in [1.165, 1.54) is 5.56 Å². The predicted molar refractivity (Wildman–Crippen MR) is 111 cm³/mol. The SMILES string of the molecule is Cc1ccc(Cn2c(SCC(=O)O)nnc2C(N)Cc2ccc(Cl)cc2)cc1. The number of nitrogens with zero attached hydrogens (tertiary/aromatic N) is 3. The van der Waals surface area contributed by atoms with E-state index in [0.717, 1.165) is 22.9 Å². The van der Waals surface area contributed by atoms with Crippen LogP contribution < -0.4 is 5.73 Å². The Morgan fingerprint density at radius 1 is 1.14 bits per heavy atom. The van der Waals surface area contributed by atoms with E-state index in [9.17, 15) is 4.79 Å². The van der Waals surface area contributed by atoms with Crippen LogP contribution in [0, 0.1) is 6.92 Å². The maximum absolute atomic E-state index is 11.0. The first-order valence-corrected chi connectivity index (χ1v) is 10.1. The molecule has 146 valence electrons. The van der Waals surface area contributed by atoms with Crippen molar-refractivity contribution in [3.05, 3.63) is 76.1 Å². The summed E-state index contributed by atoms with van der Waals surface area (Å²) in [5.74, 6) is -0.358. The standard InChI is InChI=1S/C20H21ClN4O2S/c1-13-2-4-15(5-3-13)11-25-19(23-24-20(25)28-12-18(26)27)17(22)10-14-6-8-16(21)9-7-14/h2-9,17H,10-12,22H2,1H3,(H,26,27). The second kappa shape index (κ2) is 9.23. The molecule has 0 saturated heterocycles. The lowest BCUT2D eigenvalue weighted by molar-refractivity contribution is -0.133. The third-order valence-corrected chi connectivity index (χ3v) is 5.44. The minimum Gasteiger partial charge on any atom is -0.481 e. The summed E-state index contributed by atoms with van der Waals surface area (Å²) in [7, 11) is 0. The molecule has 1 heterocycles. The Kier molecular flexibility index (Phi) is 6.72. The topological polar surface area (TPSA) is 94.0 Å². The molecule has 8 heteroatoms. The average Bonchev–Trinajstić information content (AvgIpc) is 3.06. The molecule has 28 heavy (non-hydrogen) atoms. The highest BCUT2D eigenvalue weighted by atomic mass is 35.5. The normalized spacial score (nSPS) is 12.1. The Labute approximate surface area is 172 Å². The predicted octanol–water partition coefficient (Wildman–Crippen LogP) is 3.71. The summed E-state index contributed by atoms with van der Waals surface area (Å²) in [6.45, 7) is 2.56. The molecular formula is C20H21ClN4O2S. The van der Waals surface area contributed by atoms with Crippen molar-refractivity contribution < 1.29 is 9.90 Å². The molecule has 3 aromatic rings. The minimum absolute atomic E-state index is 0.0849. The quantitative estimate of drug-likeness (QED) is 0.543. The van der Waals surface area contributed by atoms with E-state index in [1.54, 1.807) is 0 Å². The molecule has 3 rings (SSSR count). The Morgan fingerprint density at radius 2 is 1.79 bits per heavy atom. The molecule has 0 aliphatic heterocycles. The molecule has 0 spiro atoms. The van der Waals surface area contributed by atoms with Crippen LogP contribution in [0.15, 0.2) is 53.7 Å². The summed E-state index contributed by atoms with van der Waals surface area (Å²) in [5.41, 5.74) is 9.72. The van der Waals surface area contributed by atoms with Gasteiger partial charge in [-0.3, -0.25) is 4.79 Å². The number of rotatable bonds is 8. The minimum atomic E-state index is -0.901. The van der Waals surface area contributed by atoms with Crippen LogP contribution in [-0.4, -0.2) is 31.6 Å². The Balaban J connectivity index is 1.86. The van der Waals surface area contributed by atoms with E-state index in [0.29, 0.717) is 29.0 Å². The number of aryl methyl sites for hydroxylation is 1. The third-order valence-electron chi connectivity index (χ3n) is 4.23. The summed E-state index contributed by atoms with van der Waals surface area (Å²) >= 11 is 7.09. The van der Waals surface area contributed by atoms with E-state index in [-0.39, 0.29) is 11.8 Å². The molecule has 0 bridgehead atoms. The van der Waals surface area contributed by atoms with Gasteiger partial charge in [-0.05, 0) is 36.6 Å². The monoisotopic (exact) mass is 416 g/mol. The van der Waals surface area contributed by atoms with Crippen LogP contribution in [0.2, 0.25) is 5.02 Å². The molecule has 1 atom stereocenters. The van der Waals surface area contributed by atoms with Crippen molar-refractivity contribution in [3.8, 4) is 0 Å². The molecule has 2 aromatic carbocycles. The number of hydrogen-bond acceptors (Lipinski definition) is 5. The fraction of sp³-hybridized carbons (Fsp3) is 0.250. The van der Waals surface area contributed by atoms with Gasteiger partial charge < -0.3 is 15.4 Å². The fourth-order valence-corrected chi connectivity index (χ4v) is 3.59. The number of halogens is 1. The molecular weight excluding hydrogens is 396 g/mol. The molecule has 0 aliphatic rings. The summed E-state index contributed by atoms with van der Waals surface area (Å²) in [6, 6.07) is 15.3. The number of aromatic nitrogens is 3. The Bertz CT molecular complexity index is 942. The van der Waals surface area contributed by atoms with E-state index in [1.807, 2.05) is 60.0 Å². The van der Waals surface area contributed by atoms with Crippen LogP contribution in [0.25, 0.3) is 0 Å². The van der Waals surface area contributed by atoms with Crippen molar-refractivity contribution in [1.29, 1.82) is 0 Å². The van der Waals surface area contributed by atoms with Crippen molar-refractivity contribution in [2.45, 2.75) is 31.1 Å². The molecule has 6 nitrogen and oxygen atoms in total. The highest BCUT2D eigenvalue weighted by molar-refractivity contribution is 7.99. The van der Waals surface area contributed by atoms with Crippen LogP contribution in [0.1, 0.15) is 28.6 Å². The van der Waals surface area contributed by atoms with Gasteiger partial charge in [0.05, 0.1) is 18.3 Å². The zero-order valence-corrected chi connectivity index (χ0v) is 17.0. The molecule has 1 aromatic heterocycles. The largest absolute Gasteiger partial charge is 0.481 e. The van der Waals surface area contributed by atoms with Gasteiger partial charge in [-0.2, -0.15) is 0 Å². The molecule has 0 fully saturated rings. The van der Waals surface area contributed by atoms with Crippen LogP contribution in [0.3, 0.4) is 0 Å². The third kappa shape index (κ3) is 5.34. The average molecular weight is 417 g/mol. The number of hydrogen-bond donors (Lipinski definition) is 2. The lowest BCUT2D eigenvalue weighted by Crippen LogP contribution is -2.20. The van der Waals surface area contributed by atoms with Gasteiger partial charge in [0.2, 0.25) is 0 Å². The molecule has 1 unspecified atom stereocenters.